The number of phosphoric acid groups is 1. The van der Waals surface area contributed by atoms with Crippen molar-refractivity contribution in [3.05, 3.63) is 72.9 Å². The highest BCUT2D eigenvalue weighted by Gasteiger charge is 2.28. The van der Waals surface area contributed by atoms with Crippen LogP contribution in [0.15, 0.2) is 72.9 Å². The van der Waals surface area contributed by atoms with E-state index in [4.69, 9.17) is 23.3 Å². The van der Waals surface area contributed by atoms with Gasteiger partial charge in [-0.25, -0.2) is 4.57 Å². The highest BCUT2D eigenvalue weighted by Crippen LogP contribution is 2.43. The zero-order valence-corrected chi connectivity index (χ0v) is 48.2. The van der Waals surface area contributed by atoms with Crippen LogP contribution in [0.5, 0.6) is 0 Å². The normalized spacial score (nSPS) is 13.9. The Morgan fingerprint density at radius 3 is 1.14 bits per heavy atom. The van der Waals surface area contributed by atoms with Crippen molar-refractivity contribution < 1.29 is 52.2 Å². The molecule has 0 bridgehead atoms. The van der Waals surface area contributed by atoms with Gasteiger partial charge in [0.2, 0.25) is 0 Å². The van der Waals surface area contributed by atoms with Crippen LogP contribution in [0.3, 0.4) is 0 Å². The maximum atomic E-state index is 12.9. The Kier molecular flexibility index (Phi) is 53.8. The maximum Gasteiger partial charge on any atom is 0.472 e. The van der Waals surface area contributed by atoms with Crippen LogP contribution in [-0.2, 0) is 42.2 Å². The lowest BCUT2D eigenvalue weighted by atomic mass is 10.1. The number of aliphatic hydroxyl groups excluding tert-OH is 1. The van der Waals surface area contributed by atoms with E-state index in [1.54, 1.807) is 0 Å². The fourth-order valence-electron chi connectivity index (χ4n) is 8.04. The van der Waals surface area contributed by atoms with Crippen molar-refractivity contribution in [3.63, 3.8) is 0 Å². The molecule has 0 saturated carbocycles. The molecule has 12 heteroatoms. The Bertz CT molecular complexity index is 1520. The monoisotopic (exact) mass is 1060 g/mol. The number of esters is 3. The van der Waals surface area contributed by atoms with E-state index in [9.17, 15) is 28.9 Å². The van der Waals surface area contributed by atoms with Crippen molar-refractivity contribution in [1.29, 1.82) is 0 Å². The van der Waals surface area contributed by atoms with Crippen LogP contribution in [0.1, 0.15) is 265 Å². The van der Waals surface area contributed by atoms with Crippen molar-refractivity contribution in [3.8, 4) is 0 Å². The third-order valence-corrected chi connectivity index (χ3v) is 13.5. The number of phosphoric ester groups is 1. The van der Waals surface area contributed by atoms with Gasteiger partial charge < -0.3 is 24.2 Å². The number of ether oxygens (including phenoxy) is 3. The van der Waals surface area contributed by atoms with Crippen LogP contribution < -0.4 is 0 Å². The molecule has 0 aromatic rings. The summed E-state index contributed by atoms with van der Waals surface area (Å²) in [5.41, 5.74) is 0. The third kappa shape index (κ3) is 53.7. The second kappa shape index (κ2) is 56.1. The largest absolute Gasteiger partial charge is 0.472 e. The van der Waals surface area contributed by atoms with Crippen molar-refractivity contribution in [1.82, 2.24) is 0 Å². The number of rotatable bonds is 55. The first-order valence-corrected chi connectivity index (χ1v) is 31.3. The van der Waals surface area contributed by atoms with Gasteiger partial charge in [-0.1, -0.05) is 209 Å². The first-order chi connectivity index (χ1) is 36.2. The zero-order chi connectivity index (χ0) is 54.1. The van der Waals surface area contributed by atoms with E-state index in [1.165, 1.54) is 96.3 Å². The predicted molar refractivity (Wildman–Crippen MR) is 307 cm³/mol. The molecule has 0 aliphatic carbocycles. The topological polar surface area (TPSA) is 155 Å². The van der Waals surface area contributed by atoms with Gasteiger partial charge in [0.15, 0.2) is 6.10 Å². The van der Waals surface area contributed by atoms with E-state index in [2.05, 4.69) is 93.7 Å². The Labute approximate surface area is 452 Å². The molecule has 0 rings (SSSR count). The second-order valence-corrected chi connectivity index (χ2v) is 21.2. The van der Waals surface area contributed by atoms with Gasteiger partial charge in [-0.3, -0.25) is 23.4 Å². The Hall–Kier alpha value is -3.08. The number of carbonyl (C=O) groups is 3. The molecule has 74 heavy (non-hydrogen) atoms. The van der Waals surface area contributed by atoms with E-state index < -0.39 is 57.8 Å². The minimum atomic E-state index is -4.76. The fourth-order valence-corrected chi connectivity index (χ4v) is 8.83. The molecule has 0 aliphatic heterocycles. The molecule has 0 aromatic carbocycles. The van der Waals surface area contributed by atoms with Gasteiger partial charge in [0.05, 0.1) is 19.8 Å². The SMILES string of the molecule is CC/C=C\C/C=C\C/C=C\CCCCCC(=O)OC(CO)COP(=O)(O)OCC(COC(=O)CCCCCCCCCCC/C=C\C/C=C\CCCCC)OC(=O)CCCCCCC/C=C\CCCCCCCC. The maximum absolute atomic E-state index is 12.9. The molecule has 11 nitrogen and oxygen atoms in total. The molecule has 0 spiro atoms. The lowest BCUT2D eigenvalue weighted by Crippen LogP contribution is -2.30. The van der Waals surface area contributed by atoms with Crippen molar-refractivity contribution in [2.75, 3.05) is 26.4 Å². The summed E-state index contributed by atoms with van der Waals surface area (Å²) in [7, 11) is -4.76. The number of aliphatic hydroxyl groups is 1. The number of carbonyl (C=O) groups excluding carboxylic acids is 3. The Balaban J connectivity index is 4.74. The summed E-state index contributed by atoms with van der Waals surface area (Å²) in [6, 6.07) is 0. The zero-order valence-electron chi connectivity index (χ0n) is 47.3. The van der Waals surface area contributed by atoms with E-state index in [-0.39, 0.29) is 25.9 Å². The summed E-state index contributed by atoms with van der Waals surface area (Å²) in [4.78, 5) is 48.6. The summed E-state index contributed by atoms with van der Waals surface area (Å²) >= 11 is 0. The summed E-state index contributed by atoms with van der Waals surface area (Å²) in [6.07, 6.45) is 62.9. The third-order valence-electron chi connectivity index (χ3n) is 12.6. The van der Waals surface area contributed by atoms with Gasteiger partial charge in [0, 0.05) is 19.3 Å². The van der Waals surface area contributed by atoms with E-state index in [1.807, 2.05) is 0 Å². The van der Waals surface area contributed by atoms with Gasteiger partial charge in [-0.15, -0.1) is 0 Å². The first kappa shape index (κ1) is 70.9. The molecule has 0 saturated heterocycles. The van der Waals surface area contributed by atoms with Gasteiger partial charge in [-0.2, -0.15) is 0 Å². The predicted octanol–water partition coefficient (Wildman–Crippen LogP) is 17.7. The van der Waals surface area contributed by atoms with Crippen LogP contribution in [0.25, 0.3) is 0 Å². The van der Waals surface area contributed by atoms with Crippen LogP contribution in [-0.4, -0.2) is 66.5 Å². The minimum absolute atomic E-state index is 0.140. The van der Waals surface area contributed by atoms with Crippen molar-refractivity contribution >= 4 is 25.7 Å². The molecule has 0 fully saturated rings. The van der Waals surface area contributed by atoms with Crippen LogP contribution in [0, 0.1) is 0 Å². The molecule has 2 N–H and O–H groups in total. The molecule has 0 heterocycles. The van der Waals surface area contributed by atoms with E-state index >= 15 is 0 Å². The lowest BCUT2D eigenvalue weighted by molar-refractivity contribution is -0.161. The molecule has 0 radical (unpaired) electrons. The number of allylic oxidation sites excluding steroid dienone is 12. The highest BCUT2D eigenvalue weighted by atomic mass is 31.2. The molecule has 0 amide bonds. The average molecular weight is 1060 g/mol. The smallest absolute Gasteiger partial charge is 0.462 e. The molecule has 3 unspecified atom stereocenters. The second-order valence-electron chi connectivity index (χ2n) is 19.8. The standard InChI is InChI=1S/C62H109O11P/c1-4-7-10-13-16-19-22-25-27-28-29-30-32-34-36-39-42-45-48-51-60(64)69-55-59(73-62(66)53-50-47-44-41-38-35-31-26-23-20-17-14-11-8-5-2)57-71-74(67,68)70-56-58(54-63)72-61(65)52-49-46-43-40-37-33-24-21-18-15-12-9-6-3/h9,12,16,18-19,21,25-27,31,33,37,58-59,63H,4-8,10-11,13-15,17,20,22-24,28-30,32,34-36,38-57H2,1-3H3,(H,67,68)/b12-9-,19-16-,21-18-,27-25-,31-26-,37-33-. The summed E-state index contributed by atoms with van der Waals surface area (Å²) in [6.45, 7) is 4.47. The molecule has 3 atom stereocenters. The number of hydrogen-bond acceptors (Lipinski definition) is 10. The average Bonchev–Trinajstić information content (AvgIpc) is 3.39. The molecule has 0 aromatic heterocycles. The minimum Gasteiger partial charge on any atom is -0.462 e. The van der Waals surface area contributed by atoms with Gasteiger partial charge >= 0.3 is 25.7 Å². The summed E-state index contributed by atoms with van der Waals surface area (Å²) < 4.78 is 39.5. The van der Waals surface area contributed by atoms with Crippen molar-refractivity contribution in [2.24, 2.45) is 0 Å². The number of hydrogen-bond donors (Lipinski definition) is 2. The summed E-state index contributed by atoms with van der Waals surface area (Å²) in [5, 5.41) is 9.80. The van der Waals surface area contributed by atoms with Gasteiger partial charge in [0.1, 0.15) is 12.7 Å². The van der Waals surface area contributed by atoms with Crippen LogP contribution in [0.2, 0.25) is 0 Å². The summed E-state index contributed by atoms with van der Waals surface area (Å²) in [5.74, 6) is -1.50. The molecular formula is C62H109O11P. The van der Waals surface area contributed by atoms with Crippen molar-refractivity contribution in [2.45, 2.75) is 277 Å². The quantitative estimate of drug-likeness (QED) is 0.0197. The van der Waals surface area contributed by atoms with E-state index in [0.717, 1.165) is 109 Å². The van der Waals surface area contributed by atoms with Gasteiger partial charge in [-0.05, 0) is 109 Å². The fraction of sp³-hybridized carbons (Fsp3) is 0.758. The molecular weight excluding hydrogens is 952 g/mol. The van der Waals surface area contributed by atoms with Crippen LogP contribution in [0.4, 0.5) is 0 Å². The number of unbranched alkanes of at least 4 members (excludes halogenated alkanes) is 26. The molecule has 0 aliphatic rings. The van der Waals surface area contributed by atoms with E-state index in [0.29, 0.717) is 19.3 Å². The molecule has 428 valence electrons. The Morgan fingerprint density at radius 1 is 0.392 bits per heavy atom. The highest BCUT2D eigenvalue weighted by molar-refractivity contribution is 7.47. The van der Waals surface area contributed by atoms with Crippen LogP contribution >= 0.6 is 7.82 Å². The first-order valence-electron chi connectivity index (χ1n) is 29.8. The Morgan fingerprint density at radius 2 is 0.703 bits per heavy atom. The van der Waals surface area contributed by atoms with Gasteiger partial charge in [0.25, 0.3) is 0 Å². The lowest BCUT2D eigenvalue weighted by Gasteiger charge is -2.21.